The number of rotatable bonds is 4. The SMILES string of the molecule is CC(C)CC(=O)NC1CCN(C(=O)Nc2ccccc2)CC1. The second-order valence-electron chi connectivity index (χ2n) is 6.22. The zero-order chi connectivity index (χ0) is 15.9. The Kier molecular flexibility index (Phi) is 5.81. The fourth-order valence-electron chi connectivity index (χ4n) is 2.61. The number of carbonyl (C=O) groups is 2. The molecule has 120 valence electrons. The maximum absolute atomic E-state index is 12.2. The van der Waals surface area contributed by atoms with E-state index in [1.807, 2.05) is 44.2 Å². The Balaban J connectivity index is 1.75. The summed E-state index contributed by atoms with van der Waals surface area (Å²) in [5, 5.41) is 5.96. The molecule has 1 aliphatic rings. The van der Waals surface area contributed by atoms with E-state index in [1.165, 1.54) is 0 Å². The van der Waals surface area contributed by atoms with E-state index in [0.29, 0.717) is 25.4 Å². The number of piperidine rings is 1. The first-order valence-electron chi connectivity index (χ1n) is 7.95. The second-order valence-corrected chi connectivity index (χ2v) is 6.22. The topological polar surface area (TPSA) is 61.4 Å². The third-order valence-electron chi connectivity index (χ3n) is 3.77. The molecular weight excluding hydrogens is 278 g/mol. The van der Waals surface area contributed by atoms with Gasteiger partial charge in [0, 0.05) is 31.2 Å². The average Bonchev–Trinajstić information content (AvgIpc) is 2.48. The number of nitrogens with zero attached hydrogens (tertiary/aromatic N) is 1. The van der Waals surface area contributed by atoms with E-state index in [2.05, 4.69) is 10.6 Å². The predicted molar refractivity (Wildman–Crippen MR) is 87.7 cm³/mol. The lowest BCUT2D eigenvalue weighted by atomic mass is 10.0. The molecule has 2 N–H and O–H groups in total. The highest BCUT2D eigenvalue weighted by Gasteiger charge is 2.23. The molecule has 0 aromatic heterocycles. The molecule has 5 nitrogen and oxygen atoms in total. The molecule has 0 saturated carbocycles. The van der Waals surface area contributed by atoms with Crippen molar-refractivity contribution in [3.8, 4) is 0 Å². The van der Waals surface area contributed by atoms with Gasteiger partial charge in [0.05, 0.1) is 0 Å². The zero-order valence-corrected chi connectivity index (χ0v) is 13.3. The van der Waals surface area contributed by atoms with Gasteiger partial charge in [-0.3, -0.25) is 4.79 Å². The van der Waals surface area contributed by atoms with Crippen LogP contribution in [0.2, 0.25) is 0 Å². The number of para-hydroxylation sites is 1. The minimum atomic E-state index is -0.0712. The van der Waals surface area contributed by atoms with Crippen LogP contribution < -0.4 is 10.6 Å². The van der Waals surface area contributed by atoms with Gasteiger partial charge >= 0.3 is 6.03 Å². The number of hydrogen-bond acceptors (Lipinski definition) is 2. The van der Waals surface area contributed by atoms with Gasteiger partial charge < -0.3 is 15.5 Å². The highest BCUT2D eigenvalue weighted by atomic mass is 16.2. The van der Waals surface area contributed by atoms with Crippen molar-refractivity contribution >= 4 is 17.6 Å². The monoisotopic (exact) mass is 303 g/mol. The molecule has 1 aromatic carbocycles. The number of benzene rings is 1. The van der Waals surface area contributed by atoms with Crippen molar-refractivity contribution < 1.29 is 9.59 Å². The first-order valence-corrected chi connectivity index (χ1v) is 7.95. The van der Waals surface area contributed by atoms with E-state index >= 15 is 0 Å². The van der Waals surface area contributed by atoms with Crippen molar-refractivity contribution in [3.63, 3.8) is 0 Å². The van der Waals surface area contributed by atoms with E-state index < -0.39 is 0 Å². The van der Waals surface area contributed by atoms with Crippen molar-refractivity contribution in [3.05, 3.63) is 30.3 Å². The van der Waals surface area contributed by atoms with Crippen LogP contribution in [0.1, 0.15) is 33.1 Å². The fourth-order valence-corrected chi connectivity index (χ4v) is 2.61. The molecule has 1 fully saturated rings. The minimum Gasteiger partial charge on any atom is -0.353 e. The molecule has 0 spiro atoms. The van der Waals surface area contributed by atoms with Crippen molar-refractivity contribution in [2.75, 3.05) is 18.4 Å². The van der Waals surface area contributed by atoms with Crippen LogP contribution in [-0.4, -0.2) is 36.0 Å². The lowest BCUT2D eigenvalue weighted by Crippen LogP contribution is -2.47. The van der Waals surface area contributed by atoms with Gasteiger partial charge in [0.1, 0.15) is 0 Å². The summed E-state index contributed by atoms with van der Waals surface area (Å²) in [7, 11) is 0. The molecule has 1 heterocycles. The molecule has 2 rings (SSSR count). The Labute approximate surface area is 132 Å². The summed E-state index contributed by atoms with van der Waals surface area (Å²) < 4.78 is 0. The quantitative estimate of drug-likeness (QED) is 0.898. The summed E-state index contributed by atoms with van der Waals surface area (Å²) in [6.07, 6.45) is 2.19. The van der Waals surface area contributed by atoms with Crippen LogP contribution in [-0.2, 0) is 4.79 Å². The number of nitrogens with one attached hydrogen (secondary N) is 2. The Hall–Kier alpha value is -2.04. The Morgan fingerprint density at radius 1 is 1.18 bits per heavy atom. The van der Waals surface area contributed by atoms with Gasteiger partial charge in [0.2, 0.25) is 5.91 Å². The largest absolute Gasteiger partial charge is 0.353 e. The molecule has 0 radical (unpaired) electrons. The molecule has 0 aliphatic carbocycles. The van der Waals surface area contributed by atoms with Gasteiger partial charge in [-0.2, -0.15) is 0 Å². The molecule has 0 bridgehead atoms. The number of carbonyl (C=O) groups excluding carboxylic acids is 2. The van der Waals surface area contributed by atoms with E-state index in [1.54, 1.807) is 4.90 Å². The first-order chi connectivity index (χ1) is 10.5. The Bertz CT molecular complexity index is 494. The number of urea groups is 1. The highest BCUT2D eigenvalue weighted by molar-refractivity contribution is 5.89. The molecule has 1 saturated heterocycles. The number of anilines is 1. The highest BCUT2D eigenvalue weighted by Crippen LogP contribution is 2.13. The van der Waals surface area contributed by atoms with Gasteiger partial charge in [0.25, 0.3) is 0 Å². The van der Waals surface area contributed by atoms with Gasteiger partial charge in [-0.15, -0.1) is 0 Å². The summed E-state index contributed by atoms with van der Waals surface area (Å²) in [4.78, 5) is 25.7. The van der Waals surface area contributed by atoms with Crippen molar-refractivity contribution in [1.29, 1.82) is 0 Å². The van der Waals surface area contributed by atoms with E-state index in [4.69, 9.17) is 0 Å². The lowest BCUT2D eigenvalue weighted by Gasteiger charge is -2.32. The fraction of sp³-hybridized carbons (Fsp3) is 0.529. The maximum Gasteiger partial charge on any atom is 0.321 e. The predicted octanol–water partition coefficient (Wildman–Crippen LogP) is 2.85. The summed E-state index contributed by atoms with van der Waals surface area (Å²) in [6, 6.07) is 9.57. The minimum absolute atomic E-state index is 0.0712. The summed E-state index contributed by atoms with van der Waals surface area (Å²) in [6.45, 7) is 5.42. The second kappa shape index (κ2) is 7.82. The third-order valence-corrected chi connectivity index (χ3v) is 3.77. The van der Waals surface area contributed by atoms with Crippen LogP contribution in [0.4, 0.5) is 10.5 Å². The van der Waals surface area contributed by atoms with Gasteiger partial charge in [-0.25, -0.2) is 4.79 Å². The number of amides is 3. The van der Waals surface area contributed by atoms with E-state index in [9.17, 15) is 9.59 Å². The van der Waals surface area contributed by atoms with Crippen LogP contribution in [0.25, 0.3) is 0 Å². The van der Waals surface area contributed by atoms with Crippen molar-refractivity contribution in [2.24, 2.45) is 5.92 Å². The van der Waals surface area contributed by atoms with Crippen LogP contribution in [0.5, 0.6) is 0 Å². The Morgan fingerprint density at radius 3 is 2.41 bits per heavy atom. The molecule has 1 aromatic rings. The van der Waals surface area contributed by atoms with Gasteiger partial charge in [-0.1, -0.05) is 32.0 Å². The van der Waals surface area contributed by atoms with Crippen LogP contribution >= 0.6 is 0 Å². The molecule has 0 unspecified atom stereocenters. The summed E-state index contributed by atoms with van der Waals surface area (Å²) in [5.41, 5.74) is 0.805. The normalized spacial score (nSPS) is 15.7. The molecular formula is C17H25N3O2. The average molecular weight is 303 g/mol. The van der Waals surface area contributed by atoms with Crippen LogP contribution in [0.3, 0.4) is 0 Å². The zero-order valence-electron chi connectivity index (χ0n) is 13.3. The molecule has 22 heavy (non-hydrogen) atoms. The molecule has 0 atom stereocenters. The summed E-state index contributed by atoms with van der Waals surface area (Å²) in [5.74, 6) is 0.485. The van der Waals surface area contributed by atoms with Crippen LogP contribution in [0.15, 0.2) is 30.3 Å². The maximum atomic E-state index is 12.2. The number of likely N-dealkylation sites (tertiary alicyclic amines) is 1. The molecule has 1 aliphatic heterocycles. The first kappa shape index (κ1) is 16.3. The van der Waals surface area contributed by atoms with Crippen molar-refractivity contribution in [2.45, 2.75) is 39.2 Å². The van der Waals surface area contributed by atoms with E-state index in [-0.39, 0.29) is 18.0 Å². The standard InChI is InChI=1S/C17H25N3O2/c1-13(2)12-16(21)18-15-8-10-20(11-9-15)17(22)19-14-6-4-3-5-7-14/h3-7,13,15H,8-12H2,1-2H3,(H,18,21)(H,19,22). The molecule has 3 amide bonds. The van der Waals surface area contributed by atoms with Crippen molar-refractivity contribution in [1.82, 2.24) is 10.2 Å². The third kappa shape index (κ3) is 5.06. The smallest absolute Gasteiger partial charge is 0.321 e. The van der Waals surface area contributed by atoms with Gasteiger partial charge in [-0.05, 0) is 30.9 Å². The van der Waals surface area contributed by atoms with Crippen LogP contribution in [0, 0.1) is 5.92 Å². The van der Waals surface area contributed by atoms with Gasteiger partial charge in [0.15, 0.2) is 0 Å². The lowest BCUT2D eigenvalue weighted by molar-refractivity contribution is -0.122. The summed E-state index contributed by atoms with van der Waals surface area (Å²) >= 11 is 0. The Morgan fingerprint density at radius 2 is 1.82 bits per heavy atom. The molecule has 5 heteroatoms. The number of hydrogen-bond donors (Lipinski definition) is 2. The van der Waals surface area contributed by atoms with E-state index in [0.717, 1.165) is 18.5 Å².